The number of ether oxygens (including phenoxy) is 1. The fourth-order valence-electron chi connectivity index (χ4n) is 1.14. The standard InChI is InChI=1S/C9H14N2O5/c10-4-6-15-5-3-9(14)16-11-7(12)1-2-8(11)13/h1-6,10H2/i/hT. The smallest absolute Gasteiger partial charge is 0.335 e. The van der Waals surface area contributed by atoms with Gasteiger partial charge in [0, 0.05) is 19.4 Å². The van der Waals surface area contributed by atoms with E-state index in [4.69, 9.17) is 6.15 Å². The SMILES string of the molecule is [3H]NCCOCCC(=O)ON1C(=O)CCC1=O. The predicted octanol–water partition coefficient (Wildman–Crippen LogP) is -1.04. The van der Waals surface area contributed by atoms with Gasteiger partial charge in [0.2, 0.25) is 0 Å². The molecule has 0 aromatic rings. The van der Waals surface area contributed by atoms with Crippen molar-refractivity contribution in [1.82, 2.24) is 5.06 Å². The zero-order valence-corrected chi connectivity index (χ0v) is 8.73. The first-order valence-electron chi connectivity index (χ1n) is 5.44. The highest BCUT2D eigenvalue weighted by Crippen LogP contribution is 2.12. The number of rotatable bonds is 7. The number of hydrogen-bond acceptors (Lipinski definition) is 6. The van der Waals surface area contributed by atoms with Crippen molar-refractivity contribution < 1.29 is 25.4 Å². The Labute approximate surface area is 93.9 Å². The molecule has 16 heavy (non-hydrogen) atoms. The topological polar surface area (TPSA) is 98.9 Å². The van der Waals surface area contributed by atoms with Gasteiger partial charge in [-0.2, -0.15) is 0 Å². The lowest BCUT2D eigenvalue weighted by molar-refractivity contribution is -0.198. The summed E-state index contributed by atoms with van der Waals surface area (Å²) < 4.78 is 11.6. The average molecular weight is 232 g/mol. The molecule has 0 aromatic heterocycles. The largest absolute Gasteiger partial charge is 0.380 e. The van der Waals surface area contributed by atoms with Gasteiger partial charge < -0.3 is 15.3 Å². The maximum absolute atomic E-state index is 11.2. The second-order valence-electron chi connectivity index (χ2n) is 3.16. The summed E-state index contributed by atoms with van der Waals surface area (Å²) in [5.41, 5.74) is 2.14. The van der Waals surface area contributed by atoms with Crippen LogP contribution in [0.2, 0.25) is 1.41 Å². The molecule has 1 aliphatic heterocycles. The van der Waals surface area contributed by atoms with Crippen LogP contribution in [-0.2, 0) is 24.0 Å². The molecular weight excluding hydrogens is 216 g/mol. The number of carbonyl (C=O) groups is 3. The third-order valence-corrected chi connectivity index (χ3v) is 1.90. The van der Waals surface area contributed by atoms with E-state index in [0.29, 0.717) is 18.2 Å². The van der Waals surface area contributed by atoms with E-state index in [1.807, 2.05) is 0 Å². The molecule has 1 rings (SSSR count). The molecule has 0 saturated carbocycles. The highest BCUT2D eigenvalue weighted by Gasteiger charge is 2.32. The van der Waals surface area contributed by atoms with Crippen molar-refractivity contribution in [2.45, 2.75) is 19.3 Å². The number of amides is 2. The van der Waals surface area contributed by atoms with Crippen LogP contribution in [-0.4, -0.2) is 42.6 Å². The average Bonchev–Trinajstić information content (AvgIpc) is 2.60. The van der Waals surface area contributed by atoms with E-state index in [1.165, 1.54) is 0 Å². The Morgan fingerprint density at radius 3 is 2.69 bits per heavy atom. The van der Waals surface area contributed by atoms with Gasteiger partial charge in [0.15, 0.2) is 0 Å². The minimum atomic E-state index is -0.688. The normalized spacial score (nSPS) is 16.5. The molecule has 0 aliphatic carbocycles. The van der Waals surface area contributed by atoms with Crippen molar-refractivity contribution in [3.8, 4) is 0 Å². The lowest BCUT2D eigenvalue weighted by atomic mass is 10.4. The zero-order valence-electron chi connectivity index (χ0n) is 9.73. The van der Waals surface area contributed by atoms with Gasteiger partial charge >= 0.3 is 5.97 Å². The number of nitrogens with two attached hydrogens (primary N) is 1. The van der Waals surface area contributed by atoms with Gasteiger partial charge in [-0.3, -0.25) is 9.59 Å². The third kappa shape index (κ3) is 3.59. The minimum absolute atomic E-state index is 0.0466. The molecule has 0 spiro atoms. The second kappa shape index (κ2) is 6.19. The molecule has 0 radical (unpaired) electrons. The van der Waals surface area contributed by atoms with Crippen molar-refractivity contribution >= 4 is 17.8 Å². The summed E-state index contributed by atoms with van der Waals surface area (Å²) in [6.07, 6.45) is 0.116. The molecule has 0 aromatic carbocycles. The van der Waals surface area contributed by atoms with Crippen LogP contribution in [0.1, 0.15) is 19.3 Å². The van der Waals surface area contributed by atoms with E-state index in [2.05, 4.69) is 10.6 Å². The van der Waals surface area contributed by atoms with Crippen LogP contribution in [0.25, 0.3) is 0 Å². The van der Waals surface area contributed by atoms with E-state index < -0.39 is 17.8 Å². The Morgan fingerprint density at radius 1 is 1.38 bits per heavy atom. The van der Waals surface area contributed by atoms with Crippen LogP contribution in [0.4, 0.5) is 0 Å². The lowest BCUT2D eigenvalue weighted by Crippen LogP contribution is -2.32. The van der Waals surface area contributed by atoms with Crippen molar-refractivity contribution in [2.24, 2.45) is 5.73 Å². The number of imide groups is 1. The fourth-order valence-corrected chi connectivity index (χ4v) is 1.14. The van der Waals surface area contributed by atoms with Crippen LogP contribution >= 0.6 is 0 Å². The van der Waals surface area contributed by atoms with Gasteiger partial charge in [-0.05, 0) is 0 Å². The van der Waals surface area contributed by atoms with Crippen LogP contribution in [0.3, 0.4) is 0 Å². The minimum Gasteiger partial charge on any atom is -0.380 e. The van der Waals surface area contributed by atoms with Crippen molar-refractivity contribution in [1.29, 1.82) is 0 Å². The molecular formula is C9H14N2O5. The molecule has 1 saturated heterocycles. The van der Waals surface area contributed by atoms with Gasteiger partial charge in [0.05, 0.1) is 19.6 Å². The quantitative estimate of drug-likeness (QED) is 0.444. The molecule has 7 heteroatoms. The number of hydrogen-bond donors (Lipinski definition) is 1. The Morgan fingerprint density at radius 2 is 2.06 bits per heavy atom. The van der Waals surface area contributed by atoms with Gasteiger partial charge in [0.1, 0.15) is 1.41 Å². The first-order chi connectivity index (χ1) is 8.15. The van der Waals surface area contributed by atoms with Crippen LogP contribution in [0.15, 0.2) is 0 Å². The number of hydroxylamine groups is 2. The van der Waals surface area contributed by atoms with Crippen molar-refractivity contribution in [3.05, 3.63) is 0 Å². The van der Waals surface area contributed by atoms with Gasteiger partial charge in [-0.25, -0.2) is 4.79 Å². The molecule has 0 atom stereocenters. The summed E-state index contributed by atoms with van der Waals surface area (Å²) in [4.78, 5) is 38.0. The first kappa shape index (κ1) is 11.0. The molecule has 1 aliphatic rings. The second-order valence-corrected chi connectivity index (χ2v) is 3.16. The molecule has 1 fully saturated rings. The van der Waals surface area contributed by atoms with Crippen molar-refractivity contribution in [2.75, 3.05) is 19.8 Å². The summed E-state index contributed by atoms with van der Waals surface area (Å²) in [5.74, 6) is -1.68. The third-order valence-electron chi connectivity index (χ3n) is 1.90. The summed E-state index contributed by atoms with van der Waals surface area (Å²) in [6.45, 7) is 0.785. The Balaban J connectivity index is 2.16. The van der Waals surface area contributed by atoms with Gasteiger partial charge in [-0.15, -0.1) is 5.06 Å². The maximum Gasteiger partial charge on any atom is 0.335 e. The van der Waals surface area contributed by atoms with Crippen LogP contribution in [0, 0.1) is 0 Å². The lowest BCUT2D eigenvalue weighted by Gasteiger charge is -2.12. The van der Waals surface area contributed by atoms with Gasteiger partial charge in [0.25, 0.3) is 11.8 Å². The van der Waals surface area contributed by atoms with E-state index in [1.54, 1.807) is 0 Å². The van der Waals surface area contributed by atoms with E-state index >= 15 is 0 Å². The molecule has 2 amide bonds. The Hall–Kier alpha value is -1.47. The molecule has 2 N–H and O–H groups in total. The van der Waals surface area contributed by atoms with E-state index in [0.717, 1.165) is 0 Å². The maximum atomic E-state index is 11.2. The van der Waals surface area contributed by atoms with Gasteiger partial charge in [-0.1, -0.05) is 0 Å². The van der Waals surface area contributed by atoms with E-state index in [-0.39, 0.29) is 25.9 Å². The van der Waals surface area contributed by atoms with Crippen LogP contribution in [0.5, 0.6) is 0 Å². The summed E-state index contributed by atoms with van der Waals surface area (Å²) in [6, 6.07) is 0. The van der Waals surface area contributed by atoms with E-state index in [9.17, 15) is 14.4 Å². The number of carbonyl (C=O) groups excluding carboxylic acids is 3. The van der Waals surface area contributed by atoms with Crippen molar-refractivity contribution in [3.63, 3.8) is 0 Å². The Bertz CT molecular complexity index is 294. The Kier molecular flexibility index (Phi) is 4.26. The molecule has 7 nitrogen and oxygen atoms in total. The zero-order chi connectivity index (χ0) is 12.7. The monoisotopic (exact) mass is 232 g/mol. The fraction of sp³-hybridized carbons (Fsp3) is 0.667. The summed E-state index contributed by atoms with van der Waals surface area (Å²) >= 11 is 0. The highest BCUT2D eigenvalue weighted by molar-refractivity contribution is 6.01. The predicted molar refractivity (Wildman–Crippen MR) is 51.7 cm³/mol. The molecule has 0 bridgehead atoms. The first-order valence-corrected chi connectivity index (χ1v) is 4.94. The summed E-state index contributed by atoms with van der Waals surface area (Å²) in [7, 11) is 0. The molecule has 90 valence electrons. The van der Waals surface area contributed by atoms with Crippen LogP contribution < -0.4 is 5.73 Å². The highest BCUT2D eigenvalue weighted by atomic mass is 16.7. The molecule has 1 heterocycles. The molecule has 0 unspecified atom stereocenters. The summed E-state index contributed by atoms with van der Waals surface area (Å²) in [5, 5.41) is 0.508. The number of nitrogens with zero attached hydrogens (tertiary/aromatic N) is 1.